The third-order valence-corrected chi connectivity index (χ3v) is 17.1. The monoisotopic (exact) mass is 1080 g/mol. The molecule has 0 aliphatic heterocycles. The van der Waals surface area contributed by atoms with Crippen LogP contribution in [0.2, 0.25) is 0 Å². The molecule has 0 aromatic carbocycles. The number of amides is 1. The molecule has 0 bridgehead atoms. The minimum atomic E-state index is -4.57. The number of phosphoric acid groups is 1. The van der Waals surface area contributed by atoms with Gasteiger partial charge < -0.3 is 28.8 Å². The van der Waals surface area contributed by atoms with E-state index in [1.807, 2.05) is 21.1 Å². The van der Waals surface area contributed by atoms with Crippen LogP contribution in [0.1, 0.15) is 367 Å². The van der Waals surface area contributed by atoms with E-state index < -0.39 is 20.0 Å². The summed E-state index contributed by atoms with van der Waals surface area (Å²) in [6.45, 7) is 4.80. The first-order valence-electron chi connectivity index (χ1n) is 33.9. The number of likely N-dealkylation sites (N-methyl/N-ethyl adjacent to an activating group) is 1. The number of nitrogens with zero attached hydrogens (tertiary/aromatic N) is 1. The highest BCUT2D eigenvalue weighted by Gasteiger charge is 2.24. The van der Waals surface area contributed by atoms with E-state index in [4.69, 9.17) is 9.05 Å². The maximum absolute atomic E-state index is 13.0. The van der Waals surface area contributed by atoms with Crippen LogP contribution in [0.25, 0.3) is 0 Å². The molecule has 1 amide bonds. The first-order chi connectivity index (χ1) is 36.5. The second-order valence-corrected chi connectivity index (χ2v) is 26.3. The number of hydrogen-bond acceptors (Lipinski definition) is 6. The van der Waals surface area contributed by atoms with Gasteiger partial charge in [0.2, 0.25) is 5.91 Å². The van der Waals surface area contributed by atoms with Crippen LogP contribution in [0.15, 0.2) is 0 Å². The fraction of sp³-hybridized carbons (Fsp3) is 0.985. The highest BCUT2D eigenvalue weighted by atomic mass is 31.2. The highest BCUT2D eigenvalue weighted by Crippen LogP contribution is 2.38. The van der Waals surface area contributed by atoms with Gasteiger partial charge >= 0.3 is 0 Å². The van der Waals surface area contributed by atoms with Crippen molar-refractivity contribution < 1.29 is 32.9 Å². The van der Waals surface area contributed by atoms with Crippen molar-refractivity contribution in [3.63, 3.8) is 0 Å². The van der Waals surface area contributed by atoms with Crippen LogP contribution in [0.4, 0.5) is 0 Å². The van der Waals surface area contributed by atoms with Crippen LogP contribution in [0, 0.1) is 0 Å². The summed E-state index contributed by atoms with van der Waals surface area (Å²) >= 11 is 0. The van der Waals surface area contributed by atoms with Crippen LogP contribution in [-0.2, 0) is 18.4 Å². The average Bonchev–Trinajstić information content (AvgIpc) is 3.37. The lowest BCUT2D eigenvalue weighted by molar-refractivity contribution is -0.870. The van der Waals surface area contributed by atoms with Crippen molar-refractivity contribution in [1.29, 1.82) is 0 Å². The molecule has 2 N–H and O–H groups in total. The molecular formula is C66H135N2O6P. The molecule has 75 heavy (non-hydrogen) atoms. The van der Waals surface area contributed by atoms with Crippen LogP contribution in [0.5, 0.6) is 0 Å². The number of carbonyl (C=O) groups excluding carboxylic acids is 1. The minimum absolute atomic E-state index is 0.0169. The smallest absolute Gasteiger partial charge is 0.268 e. The summed E-state index contributed by atoms with van der Waals surface area (Å²) in [5, 5.41) is 14.1. The molecule has 0 saturated heterocycles. The van der Waals surface area contributed by atoms with Gasteiger partial charge in [0, 0.05) is 6.42 Å². The van der Waals surface area contributed by atoms with E-state index in [1.165, 1.54) is 302 Å². The zero-order valence-corrected chi connectivity index (χ0v) is 52.4. The molecule has 9 heteroatoms. The molecular weight excluding hydrogens is 948 g/mol. The SMILES string of the molecule is CCCCCCCCCCCCCCCCCCCCCCCCCCCCCCCCC(O)C(COP(=O)([O-])OCC[N+](C)(C)C)NC(=O)CCCCCCCCCCCCCCCCCCCCCCCCC. The molecule has 0 aromatic heterocycles. The quantitative estimate of drug-likeness (QED) is 0.0357. The normalized spacial score (nSPS) is 13.6. The Bertz CT molecular complexity index is 1180. The Morgan fingerprint density at radius 2 is 0.653 bits per heavy atom. The van der Waals surface area contributed by atoms with Crippen molar-refractivity contribution in [2.75, 3.05) is 40.9 Å². The number of phosphoric ester groups is 1. The standard InChI is InChI=1S/C66H135N2O6P/c1-6-8-10-12-14-16-18-20-22-24-26-28-30-31-32-33-34-35-36-38-39-41-43-45-47-49-51-53-55-57-59-65(69)64(63-74-75(71,72)73-62-61-68(3,4)5)67-66(70)60-58-56-54-52-50-48-46-44-42-40-37-29-27-25-23-21-19-17-15-13-11-9-7-2/h64-65,69H,6-63H2,1-5H3,(H-,67,70,71,72). The first-order valence-corrected chi connectivity index (χ1v) is 35.3. The van der Waals surface area contributed by atoms with Crippen LogP contribution >= 0.6 is 7.82 Å². The lowest BCUT2D eigenvalue weighted by Crippen LogP contribution is -2.46. The number of nitrogens with one attached hydrogen (secondary N) is 1. The third-order valence-electron chi connectivity index (χ3n) is 16.1. The number of rotatable bonds is 64. The molecule has 8 nitrogen and oxygen atoms in total. The Balaban J connectivity index is 4.00. The maximum Gasteiger partial charge on any atom is 0.268 e. The van der Waals surface area contributed by atoms with E-state index in [-0.39, 0.29) is 19.1 Å². The fourth-order valence-corrected chi connectivity index (χ4v) is 11.5. The summed E-state index contributed by atoms with van der Waals surface area (Å²) in [4.78, 5) is 25.6. The van der Waals surface area contributed by atoms with Gasteiger partial charge in [-0.15, -0.1) is 0 Å². The first kappa shape index (κ1) is 74.5. The van der Waals surface area contributed by atoms with Gasteiger partial charge in [-0.25, -0.2) is 0 Å². The third kappa shape index (κ3) is 61.0. The molecule has 0 fully saturated rings. The second kappa shape index (κ2) is 58.2. The summed E-state index contributed by atoms with van der Waals surface area (Å²) in [5.74, 6) is -0.154. The maximum atomic E-state index is 13.0. The Kier molecular flexibility index (Phi) is 57.8. The second-order valence-electron chi connectivity index (χ2n) is 24.9. The van der Waals surface area contributed by atoms with E-state index in [0.29, 0.717) is 23.9 Å². The Labute approximate surface area is 470 Å². The van der Waals surface area contributed by atoms with Crippen LogP contribution < -0.4 is 10.2 Å². The summed E-state index contributed by atoms with van der Waals surface area (Å²) in [6.07, 6.45) is 71.7. The van der Waals surface area contributed by atoms with Crippen molar-refractivity contribution in [3.8, 4) is 0 Å². The van der Waals surface area contributed by atoms with Gasteiger partial charge in [-0.05, 0) is 12.8 Å². The summed E-state index contributed by atoms with van der Waals surface area (Å²) in [6, 6.07) is -0.796. The van der Waals surface area contributed by atoms with Crippen molar-refractivity contribution >= 4 is 13.7 Å². The zero-order chi connectivity index (χ0) is 54.9. The average molecular weight is 1080 g/mol. The van der Waals surface area contributed by atoms with E-state index in [0.717, 1.165) is 38.5 Å². The fourth-order valence-electron chi connectivity index (χ4n) is 10.8. The lowest BCUT2D eigenvalue weighted by Gasteiger charge is -2.30. The lowest BCUT2D eigenvalue weighted by atomic mass is 10.0. The zero-order valence-electron chi connectivity index (χ0n) is 51.5. The molecule has 0 spiro atoms. The molecule has 0 saturated carbocycles. The summed E-state index contributed by atoms with van der Waals surface area (Å²) in [7, 11) is 1.33. The number of unbranched alkanes of at least 4 members (excludes halogenated alkanes) is 51. The highest BCUT2D eigenvalue weighted by molar-refractivity contribution is 7.45. The number of aliphatic hydroxyl groups is 1. The van der Waals surface area contributed by atoms with E-state index in [9.17, 15) is 19.4 Å². The molecule has 0 aromatic rings. The van der Waals surface area contributed by atoms with E-state index in [1.54, 1.807) is 0 Å². The molecule has 0 aliphatic rings. The number of aliphatic hydroxyl groups excluding tert-OH is 1. The molecule has 0 rings (SSSR count). The molecule has 450 valence electrons. The number of quaternary nitrogens is 1. The Hall–Kier alpha value is -0.500. The van der Waals surface area contributed by atoms with Gasteiger partial charge in [0.25, 0.3) is 7.82 Å². The predicted molar refractivity (Wildman–Crippen MR) is 326 cm³/mol. The van der Waals surface area contributed by atoms with E-state index >= 15 is 0 Å². The Morgan fingerprint density at radius 3 is 0.907 bits per heavy atom. The molecule has 0 radical (unpaired) electrons. The molecule has 0 aliphatic carbocycles. The van der Waals surface area contributed by atoms with Gasteiger partial charge in [0.05, 0.1) is 39.9 Å². The van der Waals surface area contributed by atoms with Crippen molar-refractivity contribution in [3.05, 3.63) is 0 Å². The van der Waals surface area contributed by atoms with E-state index in [2.05, 4.69) is 19.2 Å². The van der Waals surface area contributed by atoms with Gasteiger partial charge in [-0.2, -0.15) is 0 Å². The van der Waals surface area contributed by atoms with Gasteiger partial charge in [0.1, 0.15) is 13.2 Å². The van der Waals surface area contributed by atoms with Gasteiger partial charge in [-0.3, -0.25) is 9.36 Å². The molecule has 0 heterocycles. The molecule has 3 atom stereocenters. The van der Waals surface area contributed by atoms with Crippen LogP contribution in [-0.4, -0.2) is 68.5 Å². The van der Waals surface area contributed by atoms with Crippen LogP contribution in [0.3, 0.4) is 0 Å². The largest absolute Gasteiger partial charge is 0.756 e. The topological polar surface area (TPSA) is 108 Å². The van der Waals surface area contributed by atoms with Crippen molar-refractivity contribution in [1.82, 2.24) is 5.32 Å². The van der Waals surface area contributed by atoms with Crippen molar-refractivity contribution in [2.45, 2.75) is 379 Å². The summed E-state index contributed by atoms with van der Waals surface area (Å²) < 4.78 is 23.5. The predicted octanol–water partition coefficient (Wildman–Crippen LogP) is 20.5. The number of hydrogen-bond donors (Lipinski definition) is 2. The summed E-state index contributed by atoms with van der Waals surface area (Å²) in [5.41, 5.74) is 0. The van der Waals surface area contributed by atoms with Crippen molar-refractivity contribution in [2.24, 2.45) is 0 Å². The van der Waals surface area contributed by atoms with Gasteiger partial charge in [-0.1, -0.05) is 348 Å². The number of carbonyl (C=O) groups is 1. The molecule has 3 unspecified atom stereocenters. The minimum Gasteiger partial charge on any atom is -0.756 e. The Morgan fingerprint density at radius 1 is 0.413 bits per heavy atom. The van der Waals surface area contributed by atoms with Gasteiger partial charge in [0.15, 0.2) is 0 Å².